The minimum Gasteiger partial charge on any atom is -0.346 e. The van der Waals surface area contributed by atoms with Crippen LogP contribution in [0, 0.1) is 0 Å². The molecule has 0 spiro atoms. The van der Waals surface area contributed by atoms with Gasteiger partial charge in [-0.1, -0.05) is 36.4 Å². The largest absolute Gasteiger partial charge is 0.346 e. The number of hydrogen-bond donors (Lipinski definition) is 0. The van der Waals surface area contributed by atoms with Crippen LogP contribution in [-0.2, 0) is 4.74 Å². The number of carbonyl (C=O) groups is 1. The Bertz CT molecular complexity index is 680. The first kappa shape index (κ1) is 10.8. The molecule has 2 aromatic carbocycles. The lowest BCUT2D eigenvalue weighted by molar-refractivity contribution is -0.0102. The van der Waals surface area contributed by atoms with Gasteiger partial charge in [-0.3, -0.25) is 9.69 Å². The number of hydrogen-bond acceptors (Lipinski definition) is 2. The number of benzene rings is 2. The van der Waals surface area contributed by atoms with Gasteiger partial charge in [0.15, 0.2) is 6.23 Å². The van der Waals surface area contributed by atoms with Crippen LogP contribution in [0.1, 0.15) is 40.7 Å². The summed E-state index contributed by atoms with van der Waals surface area (Å²) in [6, 6.07) is 15.6. The molecule has 4 rings (SSSR count). The Labute approximate surface area is 111 Å². The van der Waals surface area contributed by atoms with Crippen LogP contribution >= 0.6 is 0 Å². The molecule has 0 saturated carbocycles. The van der Waals surface area contributed by atoms with Gasteiger partial charge in [-0.25, -0.2) is 0 Å². The van der Waals surface area contributed by atoms with Crippen molar-refractivity contribution in [2.45, 2.75) is 19.3 Å². The van der Waals surface area contributed by atoms with Gasteiger partial charge < -0.3 is 4.74 Å². The van der Waals surface area contributed by atoms with Crippen LogP contribution in [0.25, 0.3) is 0 Å². The molecule has 94 valence electrons. The maximum Gasteiger partial charge on any atom is 0.261 e. The molecule has 2 atom stereocenters. The third-order valence-corrected chi connectivity index (χ3v) is 3.88. The van der Waals surface area contributed by atoms with Gasteiger partial charge in [-0.2, -0.15) is 0 Å². The Hall–Kier alpha value is -2.13. The van der Waals surface area contributed by atoms with Crippen molar-refractivity contribution in [3.8, 4) is 0 Å². The average Bonchev–Trinajstić information content (AvgIpc) is 2.73. The molecular formula is C16H13NO2. The minimum atomic E-state index is -0.284. The van der Waals surface area contributed by atoms with Gasteiger partial charge in [0.05, 0.1) is 11.8 Å². The topological polar surface area (TPSA) is 29.5 Å². The standard InChI is InChI=1S/C16H13NO2/c1-10-11-6-4-5-9-14(11)17-15(18)12-7-2-3-8-13(12)16(17)19-10/h2-10,16H,1H3/t10-,16+/m0/s1. The molecule has 0 saturated heterocycles. The fraction of sp³-hybridized carbons (Fsp3) is 0.188. The molecule has 2 aliphatic heterocycles. The smallest absolute Gasteiger partial charge is 0.261 e. The molecule has 0 bridgehead atoms. The molecule has 0 unspecified atom stereocenters. The van der Waals surface area contributed by atoms with E-state index in [4.69, 9.17) is 4.74 Å². The third-order valence-electron chi connectivity index (χ3n) is 3.88. The van der Waals surface area contributed by atoms with Gasteiger partial charge in [0.1, 0.15) is 0 Å². The van der Waals surface area contributed by atoms with E-state index in [1.165, 1.54) is 0 Å². The Kier molecular flexibility index (Phi) is 2.09. The van der Waals surface area contributed by atoms with E-state index in [-0.39, 0.29) is 18.2 Å². The number of nitrogens with zero attached hydrogens (tertiary/aromatic N) is 1. The number of anilines is 1. The summed E-state index contributed by atoms with van der Waals surface area (Å²) in [7, 11) is 0. The second kappa shape index (κ2) is 3.68. The number of fused-ring (bicyclic) bond motifs is 5. The van der Waals surface area contributed by atoms with Crippen molar-refractivity contribution in [3.63, 3.8) is 0 Å². The van der Waals surface area contributed by atoms with Crippen LogP contribution in [0.15, 0.2) is 48.5 Å². The van der Waals surface area contributed by atoms with Crippen molar-refractivity contribution in [3.05, 3.63) is 65.2 Å². The van der Waals surface area contributed by atoms with E-state index < -0.39 is 0 Å². The fourth-order valence-electron chi connectivity index (χ4n) is 2.97. The number of carbonyl (C=O) groups excluding carboxylic acids is 1. The molecule has 0 radical (unpaired) electrons. The lowest BCUT2D eigenvalue weighted by Crippen LogP contribution is -2.34. The molecule has 3 heteroatoms. The predicted molar refractivity (Wildman–Crippen MR) is 71.9 cm³/mol. The highest BCUT2D eigenvalue weighted by molar-refractivity contribution is 6.11. The molecule has 1 amide bonds. The number of para-hydroxylation sites is 1. The summed E-state index contributed by atoms with van der Waals surface area (Å²) in [5.74, 6) is 0.0277. The molecule has 2 aliphatic rings. The van der Waals surface area contributed by atoms with E-state index >= 15 is 0 Å². The highest BCUT2D eigenvalue weighted by Crippen LogP contribution is 2.47. The van der Waals surface area contributed by atoms with E-state index in [0.717, 1.165) is 22.4 Å². The molecule has 0 fully saturated rings. The molecule has 3 nitrogen and oxygen atoms in total. The van der Waals surface area contributed by atoms with E-state index in [9.17, 15) is 4.79 Å². The first-order valence-electron chi connectivity index (χ1n) is 6.44. The molecular weight excluding hydrogens is 238 g/mol. The summed E-state index contributed by atoms with van der Waals surface area (Å²) in [5, 5.41) is 0. The SMILES string of the molecule is C[C@@H]1O[C@@H]2c3ccccc3C(=O)N2c2ccccc21. The van der Waals surface area contributed by atoms with Gasteiger partial charge >= 0.3 is 0 Å². The van der Waals surface area contributed by atoms with Crippen molar-refractivity contribution in [1.29, 1.82) is 0 Å². The fourth-order valence-corrected chi connectivity index (χ4v) is 2.97. The monoisotopic (exact) mass is 251 g/mol. The summed E-state index contributed by atoms with van der Waals surface area (Å²) in [6.45, 7) is 2.03. The normalized spacial score (nSPS) is 23.8. The van der Waals surface area contributed by atoms with Crippen LogP contribution in [-0.4, -0.2) is 5.91 Å². The first-order chi connectivity index (χ1) is 9.27. The number of rotatable bonds is 0. The maximum atomic E-state index is 12.5. The van der Waals surface area contributed by atoms with Crippen molar-refractivity contribution < 1.29 is 9.53 Å². The zero-order valence-electron chi connectivity index (χ0n) is 10.5. The lowest BCUT2D eigenvalue weighted by Gasteiger charge is -2.35. The van der Waals surface area contributed by atoms with Gasteiger partial charge in [-0.15, -0.1) is 0 Å². The Morgan fingerprint density at radius 1 is 1.00 bits per heavy atom. The molecule has 2 aromatic rings. The zero-order valence-corrected chi connectivity index (χ0v) is 10.5. The summed E-state index contributed by atoms with van der Waals surface area (Å²) in [6.07, 6.45) is -0.287. The maximum absolute atomic E-state index is 12.5. The number of amides is 1. The van der Waals surface area contributed by atoms with Gasteiger partial charge in [0.25, 0.3) is 5.91 Å². The zero-order chi connectivity index (χ0) is 13.0. The van der Waals surface area contributed by atoms with Crippen LogP contribution in [0.3, 0.4) is 0 Å². The molecule has 0 N–H and O–H groups in total. The first-order valence-corrected chi connectivity index (χ1v) is 6.44. The van der Waals surface area contributed by atoms with Crippen LogP contribution in [0.5, 0.6) is 0 Å². The Morgan fingerprint density at radius 2 is 1.68 bits per heavy atom. The molecule has 0 aromatic heterocycles. The van der Waals surface area contributed by atoms with Crippen molar-refractivity contribution in [2.24, 2.45) is 0 Å². The van der Waals surface area contributed by atoms with Gasteiger partial charge in [0, 0.05) is 16.7 Å². The van der Waals surface area contributed by atoms with Gasteiger partial charge in [-0.05, 0) is 19.1 Å². The van der Waals surface area contributed by atoms with Crippen LogP contribution in [0.2, 0.25) is 0 Å². The number of ether oxygens (including phenoxy) is 1. The summed E-state index contributed by atoms with van der Waals surface area (Å²) in [4.78, 5) is 14.3. The Balaban J connectivity index is 1.95. The highest BCUT2D eigenvalue weighted by Gasteiger charge is 2.43. The van der Waals surface area contributed by atoms with Crippen LogP contribution in [0.4, 0.5) is 5.69 Å². The van der Waals surface area contributed by atoms with Crippen LogP contribution < -0.4 is 4.90 Å². The van der Waals surface area contributed by atoms with Crippen molar-refractivity contribution >= 4 is 11.6 Å². The van der Waals surface area contributed by atoms with Crippen molar-refractivity contribution in [2.75, 3.05) is 4.90 Å². The van der Waals surface area contributed by atoms with E-state index in [2.05, 4.69) is 0 Å². The lowest BCUT2D eigenvalue weighted by atomic mass is 10.0. The van der Waals surface area contributed by atoms with E-state index in [1.807, 2.05) is 55.5 Å². The predicted octanol–water partition coefficient (Wildman–Crippen LogP) is 3.44. The third kappa shape index (κ3) is 1.33. The van der Waals surface area contributed by atoms with E-state index in [1.54, 1.807) is 4.90 Å². The quantitative estimate of drug-likeness (QED) is 0.717. The Morgan fingerprint density at radius 3 is 2.53 bits per heavy atom. The highest BCUT2D eigenvalue weighted by atomic mass is 16.5. The molecule has 19 heavy (non-hydrogen) atoms. The summed E-state index contributed by atoms with van der Waals surface area (Å²) in [5.41, 5.74) is 3.75. The second-order valence-electron chi connectivity index (χ2n) is 4.95. The summed E-state index contributed by atoms with van der Waals surface area (Å²) >= 11 is 0. The summed E-state index contributed by atoms with van der Waals surface area (Å²) < 4.78 is 6.04. The van der Waals surface area contributed by atoms with E-state index in [0.29, 0.717) is 0 Å². The second-order valence-corrected chi connectivity index (χ2v) is 4.95. The molecule has 2 heterocycles. The van der Waals surface area contributed by atoms with Crippen molar-refractivity contribution in [1.82, 2.24) is 0 Å². The minimum absolute atomic E-state index is 0.00333. The molecule has 0 aliphatic carbocycles. The average molecular weight is 251 g/mol. The van der Waals surface area contributed by atoms with Gasteiger partial charge in [0.2, 0.25) is 0 Å².